The Balaban J connectivity index is 2.17. The van der Waals surface area contributed by atoms with E-state index >= 15 is 0 Å². The van der Waals surface area contributed by atoms with Crippen molar-refractivity contribution in [3.8, 4) is 11.8 Å². The van der Waals surface area contributed by atoms with Crippen molar-refractivity contribution >= 4 is 23.6 Å². The molecule has 0 spiro atoms. The van der Waals surface area contributed by atoms with Crippen molar-refractivity contribution in [3.05, 3.63) is 54.1 Å². The predicted molar refractivity (Wildman–Crippen MR) is 92.6 cm³/mol. The number of nitrogens with zero attached hydrogens (tertiary/aromatic N) is 2. The zero-order valence-corrected chi connectivity index (χ0v) is 13.9. The number of carbonyl (C=O) groups excluding carboxylic acids is 2. The Morgan fingerprint density at radius 1 is 1.20 bits per heavy atom. The highest BCUT2D eigenvalue weighted by molar-refractivity contribution is 5.90. The minimum Gasteiger partial charge on any atom is -0.453 e. The van der Waals surface area contributed by atoms with Crippen LogP contribution in [0.3, 0.4) is 0 Å². The largest absolute Gasteiger partial charge is 0.453 e. The molecule has 7 heteroatoms. The highest BCUT2D eigenvalue weighted by Gasteiger charge is 2.18. The molecule has 0 heterocycles. The van der Waals surface area contributed by atoms with Crippen molar-refractivity contribution in [2.75, 3.05) is 23.9 Å². The molecule has 0 saturated carbocycles. The van der Waals surface area contributed by atoms with Gasteiger partial charge in [-0.3, -0.25) is 10.2 Å². The second kappa shape index (κ2) is 8.36. The molecule has 0 aromatic heterocycles. The van der Waals surface area contributed by atoms with Gasteiger partial charge in [-0.15, -0.1) is 0 Å². The first-order chi connectivity index (χ1) is 12.0. The van der Waals surface area contributed by atoms with Gasteiger partial charge >= 0.3 is 12.2 Å². The van der Waals surface area contributed by atoms with E-state index in [4.69, 9.17) is 10.00 Å². The van der Waals surface area contributed by atoms with Crippen LogP contribution in [0.25, 0.3) is 0 Å². The summed E-state index contributed by atoms with van der Waals surface area (Å²) in [4.78, 5) is 24.9. The molecule has 2 amide bonds. The van der Waals surface area contributed by atoms with Gasteiger partial charge in [-0.25, -0.2) is 9.59 Å². The van der Waals surface area contributed by atoms with E-state index in [0.717, 1.165) is 5.56 Å². The third-order valence-corrected chi connectivity index (χ3v) is 3.23. The molecule has 25 heavy (non-hydrogen) atoms. The SMILES string of the molecule is COC(=O)Nc1cccc(OC(=O)N(CC#N)c2cccc(C)c2)c1. The zero-order chi connectivity index (χ0) is 18.2. The summed E-state index contributed by atoms with van der Waals surface area (Å²) in [5, 5.41) is 11.5. The molecule has 0 atom stereocenters. The van der Waals surface area contributed by atoms with Crippen LogP contribution in [0.2, 0.25) is 0 Å². The monoisotopic (exact) mass is 339 g/mol. The average molecular weight is 339 g/mol. The molecule has 0 unspecified atom stereocenters. The molecule has 2 aromatic rings. The number of ether oxygens (including phenoxy) is 2. The van der Waals surface area contributed by atoms with Gasteiger partial charge in [-0.2, -0.15) is 5.26 Å². The lowest BCUT2D eigenvalue weighted by molar-refractivity contribution is 0.187. The Kier molecular flexibility index (Phi) is 5.96. The fourth-order valence-electron chi connectivity index (χ4n) is 2.09. The molecule has 0 bridgehead atoms. The van der Waals surface area contributed by atoms with E-state index in [1.165, 1.54) is 18.1 Å². The van der Waals surface area contributed by atoms with Crippen molar-refractivity contribution in [1.82, 2.24) is 0 Å². The molecule has 2 rings (SSSR count). The van der Waals surface area contributed by atoms with E-state index in [1.54, 1.807) is 36.4 Å². The molecule has 128 valence electrons. The number of methoxy groups -OCH3 is 1. The maximum absolute atomic E-state index is 12.4. The summed E-state index contributed by atoms with van der Waals surface area (Å²) in [5.74, 6) is 0.231. The normalized spacial score (nSPS) is 9.64. The number of aryl methyl sites for hydroxylation is 1. The number of nitrogens with one attached hydrogen (secondary N) is 1. The number of anilines is 2. The zero-order valence-electron chi connectivity index (χ0n) is 13.9. The van der Waals surface area contributed by atoms with Gasteiger partial charge in [0.25, 0.3) is 0 Å². The van der Waals surface area contributed by atoms with Crippen molar-refractivity contribution in [1.29, 1.82) is 5.26 Å². The molecule has 0 fully saturated rings. The topological polar surface area (TPSA) is 91.7 Å². The van der Waals surface area contributed by atoms with Crippen molar-refractivity contribution in [2.24, 2.45) is 0 Å². The van der Waals surface area contributed by atoms with Crippen LogP contribution in [0.4, 0.5) is 21.0 Å². The van der Waals surface area contributed by atoms with Crippen LogP contribution in [0, 0.1) is 18.3 Å². The predicted octanol–water partition coefficient (Wildman–Crippen LogP) is 3.70. The lowest BCUT2D eigenvalue weighted by Crippen LogP contribution is -2.34. The van der Waals surface area contributed by atoms with E-state index in [-0.39, 0.29) is 12.3 Å². The fraction of sp³-hybridized carbons (Fsp3) is 0.167. The van der Waals surface area contributed by atoms with E-state index in [0.29, 0.717) is 11.4 Å². The number of nitriles is 1. The standard InChI is InChI=1S/C18H17N3O4/c1-13-5-3-7-15(11-13)21(10-9-19)18(23)25-16-8-4-6-14(12-16)20-17(22)24-2/h3-8,11-12H,10H2,1-2H3,(H,20,22). The summed E-state index contributed by atoms with van der Waals surface area (Å²) < 4.78 is 9.84. The van der Waals surface area contributed by atoms with Gasteiger partial charge < -0.3 is 9.47 Å². The number of amides is 2. The van der Waals surface area contributed by atoms with Gasteiger partial charge in [0.1, 0.15) is 12.3 Å². The second-order valence-electron chi connectivity index (χ2n) is 5.10. The van der Waals surface area contributed by atoms with Gasteiger partial charge in [0, 0.05) is 17.4 Å². The van der Waals surface area contributed by atoms with Crippen LogP contribution in [0.15, 0.2) is 48.5 Å². The number of carbonyl (C=O) groups is 2. The van der Waals surface area contributed by atoms with Crippen molar-refractivity contribution in [3.63, 3.8) is 0 Å². The summed E-state index contributed by atoms with van der Waals surface area (Å²) in [5.41, 5.74) is 1.94. The molecule has 2 aromatic carbocycles. The maximum atomic E-state index is 12.4. The van der Waals surface area contributed by atoms with E-state index in [2.05, 4.69) is 10.1 Å². The van der Waals surface area contributed by atoms with Crippen LogP contribution < -0.4 is 15.0 Å². The van der Waals surface area contributed by atoms with E-state index in [9.17, 15) is 9.59 Å². The van der Waals surface area contributed by atoms with E-state index < -0.39 is 12.2 Å². The number of benzene rings is 2. The fourth-order valence-corrected chi connectivity index (χ4v) is 2.09. The number of hydrogen-bond acceptors (Lipinski definition) is 5. The lowest BCUT2D eigenvalue weighted by Gasteiger charge is -2.19. The molecule has 0 radical (unpaired) electrons. The van der Waals surface area contributed by atoms with Crippen LogP contribution in [0.1, 0.15) is 5.56 Å². The van der Waals surface area contributed by atoms with Gasteiger partial charge in [-0.1, -0.05) is 18.2 Å². The molecule has 0 aliphatic carbocycles. The molecule has 0 aliphatic rings. The molecule has 0 saturated heterocycles. The summed E-state index contributed by atoms with van der Waals surface area (Å²) in [6, 6.07) is 15.4. The Bertz CT molecular complexity index is 814. The first kappa shape index (κ1) is 17.8. The van der Waals surface area contributed by atoms with Crippen LogP contribution in [-0.2, 0) is 4.74 Å². The van der Waals surface area contributed by atoms with Crippen LogP contribution in [0.5, 0.6) is 5.75 Å². The quantitative estimate of drug-likeness (QED) is 0.858. The lowest BCUT2D eigenvalue weighted by atomic mass is 10.2. The highest BCUT2D eigenvalue weighted by atomic mass is 16.6. The van der Waals surface area contributed by atoms with Crippen molar-refractivity contribution < 1.29 is 19.1 Å². The summed E-state index contributed by atoms with van der Waals surface area (Å²) in [6.07, 6.45) is -1.32. The minimum atomic E-state index is -0.692. The molecule has 0 aliphatic heterocycles. The van der Waals surface area contributed by atoms with Crippen LogP contribution in [-0.4, -0.2) is 25.8 Å². The highest BCUT2D eigenvalue weighted by Crippen LogP contribution is 2.21. The van der Waals surface area contributed by atoms with Gasteiger partial charge in [0.2, 0.25) is 0 Å². The Hall–Kier alpha value is -3.53. The first-order valence-electron chi connectivity index (χ1n) is 7.41. The first-order valence-corrected chi connectivity index (χ1v) is 7.41. The molecular weight excluding hydrogens is 322 g/mol. The third-order valence-electron chi connectivity index (χ3n) is 3.23. The Morgan fingerprint density at radius 3 is 2.64 bits per heavy atom. The minimum absolute atomic E-state index is 0.150. The third kappa shape index (κ3) is 4.97. The van der Waals surface area contributed by atoms with Crippen LogP contribution >= 0.6 is 0 Å². The Morgan fingerprint density at radius 2 is 1.96 bits per heavy atom. The average Bonchev–Trinajstić information content (AvgIpc) is 2.59. The smallest absolute Gasteiger partial charge is 0.420 e. The maximum Gasteiger partial charge on any atom is 0.420 e. The summed E-state index contributed by atoms with van der Waals surface area (Å²) in [6.45, 7) is 1.74. The second-order valence-corrected chi connectivity index (χ2v) is 5.10. The molecular formula is C18H17N3O4. The Labute approximate surface area is 145 Å². The van der Waals surface area contributed by atoms with Crippen molar-refractivity contribution in [2.45, 2.75) is 6.92 Å². The number of rotatable bonds is 4. The van der Waals surface area contributed by atoms with E-state index in [1.807, 2.05) is 19.1 Å². The molecule has 7 nitrogen and oxygen atoms in total. The summed E-state index contributed by atoms with van der Waals surface area (Å²) in [7, 11) is 1.25. The van der Waals surface area contributed by atoms with Gasteiger partial charge in [0.05, 0.1) is 13.2 Å². The molecule has 1 N–H and O–H groups in total. The summed E-state index contributed by atoms with van der Waals surface area (Å²) >= 11 is 0. The number of hydrogen-bond donors (Lipinski definition) is 1. The van der Waals surface area contributed by atoms with Gasteiger partial charge in [0.15, 0.2) is 0 Å². The van der Waals surface area contributed by atoms with Gasteiger partial charge in [-0.05, 0) is 36.8 Å².